The molecule has 1 atom stereocenters. The van der Waals surface area contributed by atoms with Gasteiger partial charge in [0.05, 0.1) is 6.20 Å². The average Bonchev–Trinajstić information content (AvgIpc) is 2.82. The zero-order valence-corrected chi connectivity index (χ0v) is 11.4. The van der Waals surface area contributed by atoms with Gasteiger partial charge in [0.2, 0.25) is 0 Å². The zero-order valence-electron chi connectivity index (χ0n) is 11.4. The van der Waals surface area contributed by atoms with Crippen LogP contribution in [0.1, 0.15) is 58.7 Å². The second-order valence-electron chi connectivity index (χ2n) is 3.32. The third-order valence-electron chi connectivity index (χ3n) is 2.18. The molecule has 1 saturated heterocycles. The standard InChI is InChI=1S/C9H14N2O.2C2H6/c1-8-6-10-11(7-8)9-4-2-3-5-12-9;2*1-2/h6-7,9H,2-5H2,1H3;2*1-2H3. The summed E-state index contributed by atoms with van der Waals surface area (Å²) < 4.78 is 7.50. The molecule has 94 valence electrons. The Hall–Kier alpha value is -0.830. The summed E-state index contributed by atoms with van der Waals surface area (Å²) >= 11 is 0. The van der Waals surface area contributed by atoms with Gasteiger partial charge < -0.3 is 4.74 Å². The Balaban J connectivity index is 0.000000509. The highest BCUT2D eigenvalue weighted by atomic mass is 16.5. The summed E-state index contributed by atoms with van der Waals surface area (Å²) in [4.78, 5) is 0. The minimum Gasteiger partial charge on any atom is -0.357 e. The van der Waals surface area contributed by atoms with E-state index in [9.17, 15) is 0 Å². The molecule has 0 N–H and O–H groups in total. The van der Waals surface area contributed by atoms with Gasteiger partial charge in [0.15, 0.2) is 0 Å². The van der Waals surface area contributed by atoms with Gasteiger partial charge in [-0.3, -0.25) is 0 Å². The van der Waals surface area contributed by atoms with Crippen LogP contribution in [0.3, 0.4) is 0 Å². The normalized spacial score (nSPS) is 18.9. The Morgan fingerprint density at radius 2 is 1.94 bits per heavy atom. The van der Waals surface area contributed by atoms with Gasteiger partial charge in [-0.25, -0.2) is 4.68 Å². The molecule has 0 saturated carbocycles. The maximum Gasteiger partial charge on any atom is 0.150 e. The quantitative estimate of drug-likeness (QED) is 0.725. The smallest absolute Gasteiger partial charge is 0.150 e. The summed E-state index contributed by atoms with van der Waals surface area (Å²) in [6.07, 6.45) is 7.64. The van der Waals surface area contributed by atoms with Crippen molar-refractivity contribution >= 4 is 0 Å². The van der Waals surface area contributed by atoms with Crippen molar-refractivity contribution in [1.29, 1.82) is 0 Å². The molecule has 0 aromatic carbocycles. The van der Waals surface area contributed by atoms with E-state index >= 15 is 0 Å². The lowest BCUT2D eigenvalue weighted by atomic mass is 10.2. The molecule has 2 heterocycles. The first-order valence-electron chi connectivity index (χ1n) is 6.48. The highest BCUT2D eigenvalue weighted by Crippen LogP contribution is 2.21. The number of ether oxygens (including phenoxy) is 1. The van der Waals surface area contributed by atoms with E-state index in [0.29, 0.717) is 0 Å². The summed E-state index contributed by atoms with van der Waals surface area (Å²) in [5, 5.41) is 4.23. The topological polar surface area (TPSA) is 27.1 Å². The zero-order chi connectivity index (χ0) is 12.4. The minimum atomic E-state index is 0.187. The fourth-order valence-corrected chi connectivity index (χ4v) is 1.52. The van der Waals surface area contributed by atoms with Gasteiger partial charge in [-0.05, 0) is 31.7 Å². The van der Waals surface area contributed by atoms with Crippen LogP contribution < -0.4 is 0 Å². The largest absolute Gasteiger partial charge is 0.357 e. The molecule has 1 aliphatic rings. The first kappa shape index (κ1) is 15.2. The fourth-order valence-electron chi connectivity index (χ4n) is 1.52. The molecule has 1 aliphatic heterocycles. The van der Waals surface area contributed by atoms with E-state index in [1.54, 1.807) is 0 Å². The molecule has 3 heteroatoms. The van der Waals surface area contributed by atoms with Crippen LogP contribution in [0.15, 0.2) is 12.4 Å². The van der Waals surface area contributed by atoms with Gasteiger partial charge in [0, 0.05) is 12.8 Å². The number of nitrogens with zero attached hydrogens (tertiary/aromatic N) is 2. The molecule has 2 rings (SSSR count). The monoisotopic (exact) mass is 226 g/mol. The Labute approximate surface area is 99.8 Å². The van der Waals surface area contributed by atoms with Crippen molar-refractivity contribution in [2.24, 2.45) is 0 Å². The highest BCUT2D eigenvalue weighted by molar-refractivity contribution is 4.99. The van der Waals surface area contributed by atoms with E-state index in [4.69, 9.17) is 4.74 Å². The Morgan fingerprint density at radius 3 is 2.38 bits per heavy atom. The molecule has 1 unspecified atom stereocenters. The second-order valence-corrected chi connectivity index (χ2v) is 3.32. The molecule has 0 amide bonds. The number of hydrogen-bond donors (Lipinski definition) is 0. The van der Waals surface area contributed by atoms with Gasteiger partial charge in [-0.1, -0.05) is 27.7 Å². The third-order valence-corrected chi connectivity index (χ3v) is 2.18. The molecular weight excluding hydrogens is 200 g/mol. The number of hydrogen-bond acceptors (Lipinski definition) is 2. The predicted molar refractivity (Wildman–Crippen MR) is 68.5 cm³/mol. The van der Waals surface area contributed by atoms with Crippen LogP contribution in [-0.4, -0.2) is 16.4 Å². The Kier molecular flexibility index (Phi) is 8.91. The maximum absolute atomic E-state index is 5.58. The SMILES string of the molecule is CC.CC.Cc1cnn(C2CCCCO2)c1. The van der Waals surface area contributed by atoms with Crippen LogP contribution in [0.25, 0.3) is 0 Å². The van der Waals surface area contributed by atoms with Crippen LogP contribution in [-0.2, 0) is 4.74 Å². The van der Waals surface area contributed by atoms with Gasteiger partial charge >= 0.3 is 0 Å². The second kappa shape index (κ2) is 9.40. The van der Waals surface area contributed by atoms with Gasteiger partial charge in [-0.2, -0.15) is 5.10 Å². The van der Waals surface area contributed by atoms with Gasteiger partial charge in [0.25, 0.3) is 0 Å². The molecule has 0 spiro atoms. The number of aromatic nitrogens is 2. The van der Waals surface area contributed by atoms with Crippen LogP contribution >= 0.6 is 0 Å². The summed E-state index contributed by atoms with van der Waals surface area (Å²) in [6.45, 7) is 10.9. The van der Waals surface area contributed by atoms with Crippen molar-refractivity contribution in [2.75, 3.05) is 6.61 Å². The van der Waals surface area contributed by atoms with E-state index in [2.05, 4.69) is 5.10 Å². The summed E-state index contributed by atoms with van der Waals surface area (Å²) in [5.41, 5.74) is 1.20. The molecular formula is C13H26N2O. The van der Waals surface area contributed by atoms with Gasteiger partial charge in [0.1, 0.15) is 6.23 Å². The first-order chi connectivity index (χ1) is 7.86. The van der Waals surface area contributed by atoms with E-state index < -0.39 is 0 Å². The predicted octanol–water partition coefficient (Wildman–Crippen LogP) is 3.94. The van der Waals surface area contributed by atoms with Crippen LogP contribution in [0.5, 0.6) is 0 Å². The van der Waals surface area contributed by atoms with Crippen LogP contribution in [0.4, 0.5) is 0 Å². The first-order valence-corrected chi connectivity index (χ1v) is 6.48. The average molecular weight is 226 g/mol. The molecule has 1 aromatic rings. The highest BCUT2D eigenvalue weighted by Gasteiger charge is 2.15. The fraction of sp³-hybridized carbons (Fsp3) is 0.769. The molecule has 0 aliphatic carbocycles. The number of rotatable bonds is 1. The third kappa shape index (κ3) is 4.79. The summed E-state index contributed by atoms with van der Waals surface area (Å²) in [6, 6.07) is 0. The van der Waals surface area contributed by atoms with Crippen molar-refractivity contribution in [2.45, 2.75) is 60.1 Å². The molecule has 0 bridgehead atoms. The number of aryl methyl sites for hydroxylation is 1. The summed E-state index contributed by atoms with van der Waals surface area (Å²) in [5.74, 6) is 0. The molecule has 0 radical (unpaired) electrons. The van der Waals surface area contributed by atoms with E-state index in [1.165, 1.54) is 18.4 Å². The molecule has 1 fully saturated rings. The van der Waals surface area contributed by atoms with E-state index in [-0.39, 0.29) is 6.23 Å². The van der Waals surface area contributed by atoms with Crippen molar-refractivity contribution in [1.82, 2.24) is 9.78 Å². The maximum atomic E-state index is 5.58. The van der Waals surface area contributed by atoms with Crippen molar-refractivity contribution in [3.63, 3.8) is 0 Å². The van der Waals surface area contributed by atoms with E-state index in [1.807, 2.05) is 51.7 Å². The lowest BCUT2D eigenvalue weighted by Gasteiger charge is -2.22. The lowest BCUT2D eigenvalue weighted by molar-refractivity contribution is -0.0395. The summed E-state index contributed by atoms with van der Waals surface area (Å²) in [7, 11) is 0. The Bertz CT molecular complexity index is 252. The van der Waals surface area contributed by atoms with Gasteiger partial charge in [-0.15, -0.1) is 0 Å². The molecule has 1 aromatic heterocycles. The minimum absolute atomic E-state index is 0.187. The van der Waals surface area contributed by atoms with Crippen molar-refractivity contribution in [3.8, 4) is 0 Å². The Morgan fingerprint density at radius 1 is 1.25 bits per heavy atom. The van der Waals surface area contributed by atoms with Crippen LogP contribution in [0.2, 0.25) is 0 Å². The lowest BCUT2D eigenvalue weighted by Crippen LogP contribution is -2.18. The molecule has 16 heavy (non-hydrogen) atoms. The molecule has 3 nitrogen and oxygen atoms in total. The van der Waals surface area contributed by atoms with Crippen molar-refractivity contribution < 1.29 is 4.74 Å². The van der Waals surface area contributed by atoms with Crippen molar-refractivity contribution in [3.05, 3.63) is 18.0 Å². The van der Waals surface area contributed by atoms with E-state index in [0.717, 1.165) is 13.0 Å². The van der Waals surface area contributed by atoms with Crippen LogP contribution in [0, 0.1) is 6.92 Å².